The van der Waals surface area contributed by atoms with Crippen molar-refractivity contribution in [3.8, 4) is 0 Å². The van der Waals surface area contributed by atoms with Gasteiger partial charge in [0.25, 0.3) is 5.91 Å². The van der Waals surface area contributed by atoms with E-state index in [1.165, 1.54) is 12.1 Å². The lowest BCUT2D eigenvalue weighted by atomic mass is 9.92. The molecule has 1 saturated heterocycles. The number of benzene rings is 1. The Hall–Kier alpha value is -2.35. The van der Waals surface area contributed by atoms with Crippen LogP contribution in [0.2, 0.25) is 0 Å². The number of H-pyrrole nitrogens is 1. The van der Waals surface area contributed by atoms with Gasteiger partial charge >= 0.3 is 6.18 Å². The van der Waals surface area contributed by atoms with Crippen LogP contribution in [0.3, 0.4) is 0 Å². The minimum atomic E-state index is -4.34. The zero-order chi connectivity index (χ0) is 20.5. The molecule has 1 aliphatic heterocycles. The number of piperazine rings is 1. The first-order valence-electron chi connectivity index (χ1n) is 9.28. The SMILES string of the molecule is CC(C)(C)c1cc(C(=O)N2CCN(Cc3cccc(C(F)(F)F)c3)CC2)n[nH]1. The zero-order valence-corrected chi connectivity index (χ0v) is 16.3. The van der Waals surface area contributed by atoms with Gasteiger partial charge in [-0.15, -0.1) is 0 Å². The molecule has 0 bridgehead atoms. The summed E-state index contributed by atoms with van der Waals surface area (Å²) in [4.78, 5) is 16.5. The first-order chi connectivity index (χ1) is 13.0. The second-order valence-corrected chi connectivity index (χ2v) is 8.18. The van der Waals surface area contributed by atoms with Crippen molar-refractivity contribution in [2.24, 2.45) is 0 Å². The Balaban J connectivity index is 1.57. The van der Waals surface area contributed by atoms with Gasteiger partial charge in [0.15, 0.2) is 0 Å². The summed E-state index contributed by atoms with van der Waals surface area (Å²) >= 11 is 0. The molecule has 1 aromatic heterocycles. The van der Waals surface area contributed by atoms with Crippen LogP contribution < -0.4 is 0 Å². The smallest absolute Gasteiger partial charge is 0.335 e. The van der Waals surface area contributed by atoms with Gasteiger partial charge in [-0.1, -0.05) is 39.0 Å². The molecule has 0 atom stereocenters. The number of carbonyl (C=O) groups is 1. The molecule has 1 aromatic carbocycles. The summed E-state index contributed by atoms with van der Waals surface area (Å²) in [5.74, 6) is -0.120. The van der Waals surface area contributed by atoms with Gasteiger partial charge in [0, 0.05) is 43.8 Å². The standard InChI is InChI=1S/C20H25F3N4O/c1-19(2,3)17-12-16(24-25-17)18(28)27-9-7-26(8-10-27)13-14-5-4-6-15(11-14)20(21,22)23/h4-6,11-12H,7-10,13H2,1-3H3,(H,24,25). The Morgan fingerprint density at radius 2 is 1.79 bits per heavy atom. The third kappa shape index (κ3) is 4.73. The second kappa shape index (κ2) is 7.58. The van der Waals surface area contributed by atoms with E-state index in [1.54, 1.807) is 17.0 Å². The Bertz CT molecular complexity index is 830. The second-order valence-electron chi connectivity index (χ2n) is 8.18. The molecule has 1 N–H and O–H groups in total. The maximum Gasteiger partial charge on any atom is 0.416 e. The number of aromatic amines is 1. The number of hydrogen-bond donors (Lipinski definition) is 1. The van der Waals surface area contributed by atoms with E-state index in [9.17, 15) is 18.0 Å². The maximum atomic E-state index is 12.9. The van der Waals surface area contributed by atoms with Gasteiger partial charge in [0.1, 0.15) is 5.69 Å². The van der Waals surface area contributed by atoms with Crippen LogP contribution in [0.1, 0.15) is 48.1 Å². The number of alkyl halides is 3. The molecule has 0 saturated carbocycles. The predicted molar refractivity (Wildman–Crippen MR) is 99.9 cm³/mol. The molecule has 3 rings (SSSR count). The molecular weight excluding hydrogens is 369 g/mol. The molecule has 28 heavy (non-hydrogen) atoms. The number of rotatable bonds is 3. The molecule has 0 radical (unpaired) electrons. The highest BCUT2D eigenvalue weighted by Crippen LogP contribution is 2.30. The normalized spacial score (nSPS) is 16.4. The van der Waals surface area contributed by atoms with Crippen LogP contribution in [0.4, 0.5) is 13.2 Å². The highest BCUT2D eigenvalue weighted by atomic mass is 19.4. The van der Waals surface area contributed by atoms with Crippen LogP contribution in [0.25, 0.3) is 0 Å². The fraction of sp³-hybridized carbons (Fsp3) is 0.500. The van der Waals surface area contributed by atoms with Crippen LogP contribution in [0.5, 0.6) is 0 Å². The van der Waals surface area contributed by atoms with E-state index in [1.807, 2.05) is 20.8 Å². The minimum Gasteiger partial charge on any atom is -0.335 e. The van der Waals surface area contributed by atoms with Crippen LogP contribution in [0.15, 0.2) is 30.3 Å². The van der Waals surface area contributed by atoms with E-state index in [2.05, 4.69) is 15.1 Å². The first kappa shape index (κ1) is 20.4. The maximum absolute atomic E-state index is 12.9. The van der Waals surface area contributed by atoms with Crippen molar-refractivity contribution in [3.05, 3.63) is 52.8 Å². The molecule has 2 heterocycles. The molecule has 0 unspecified atom stereocenters. The van der Waals surface area contributed by atoms with Crippen LogP contribution >= 0.6 is 0 Å². The average Bonchev–Trinajstić information content (AvgIpc) is 3.12. The number of carbonyl (C=O) groups excluding carboxylic acids is 1. The van der Waals surface area contributed by atoms with Crippen LogP contribution in [0, 0.1) is 0 Å². The number of amides is 1. The van der Waals surface area contributed by atoms with Gasteiger partial charge in [0.2, 0.25) is 0 Å². The number of halogens is 3. The largest absolute Gasteiger partial charge is 0.416 e. The zero-order valence-electron chi connectivity index (χ0n) is 16.3. The molecule has 152 valence electrons. The quantitative estimate of drug-likeness (QED) is 0.864. The van der Waals surface area contributed by atoms with Gasteiger partial charge in [-0.25, -0.2) is 0 Å². The molecule has 0 aliphatic carbocycles. The van der Waals surface area contributed by atoms with Gasteiger partial charge in [-0.3, -0.25) is 14.8 Å². The number of hydrogen-bond acceptors (Lipinski definition) is 3. The summed E-state index contributed by atoms with van der Waals surface area (Å²) in [6.45, 7) is 8.83. The van der Waals surface area contributed by atoms with Crippen molar-refractivity contribution < 1.29 is 18.0 Å². The third-order valence-corrected chi connectivity index (χ3v) is 4.92. The van der Waals surface area contributed by atoms with Gasteiger partial charge in [-0.2, -0.15) is 18.3 Å². The lowest BCUT2D eigenvalue weighted by Gasteiger charge is -2.34. The van der Waals surface area contributed by atoms with E-state index in [4.69, 9.17) is 0 Å². The molecule has 1 aliphatic rings. The van der Waals surface area contributed by atoms with Crippen molar-refractivity contribution in [2.75, 3.05) is 26.2 Å². The third-order valence-electron chi connectivity index (χ3n) is 4.92. The lowest BCUT2D eigenvalue weighted by molar-refractivity contribution is -0.137. The number of nitrogens with one attached hydrogen (secondary N) is 1. The monoisotopic (exact) mass is 394 g/mol. The number of aromatic nitrogens is 2. The van der Waals surface area contributed by atoms with E-state index in [0.717, 1.165) is 11.8 Å². The molecular formula is C20H25F3N4O. The summed E-state index contributed by atoms with van der Waals surface area (Å²) in [6, 6.07) is 7.19. The Kier molecular flexibility index (Phi) is 5.52. The summed E-state index contributed by atoms with van der Waals surface area (Å²) in [5, 5.41) is 7.07. The molecule has 5 nitrogen and oxygen atoms in total. The highest BCUT2D eigenvalue weighted by molar-refractivity contribution is 5.92. The summed E-state index contributed by atoms with van der Waals surface area (Å²) in [6.07, 6.45) is -4.34. The van der Waals surface area contributed by atoms with Crippen molar-refractivity contribution in [1.29, 1.82) is 0 Å². The van der Waals surface area contributed by atoms with Crippen molar-refractivity contribution in [1.82, 2.24) is 20.0 Å². The molecule has 0 spiro atoms. The van der Waals surface area contributed by atoms with Gasteiger partial charge < -0.3 is 4.90 Å². The Morgan fingerprint density at radius 1 is 1.11 bits per heavy atom. The summed E-state index contributed by atoms with van der Waals surface area (Å²) < 4.78 is 38.6. The van der Waals surface area contributed by atoms with Gasteiger partial charge in [-0.05, 0) is 17.7 Å². The Labute approximate surface area is 162 Å². The van der Waals surface area contributed by atoms with Crippen LogP contribution in [-0.2, 0) is 18.1 Å². The van der Waals surface area contributed by atoms with Crippen molar-refractivity contribution >= 4 is 5.91 Å². The van der Waals surface area contributed by atoms with Crippen molar-refractivity contribution in [2.45, 2.75) is 38.9 Å². The van der Waals surface area contributed by atoms with E-state index in [-0.39, 0.29) is 11.3 Å². The van der Waals surface area contributed by atoms with Crippen molar-refractivity contribution in [3.63, 3.8) is 0 Å². The molecule has 1 amide bonds. The van der Waals surface area contributed by atoms with E-state index in [0.29, 0.717) is 44.0 Å². The summed E-state index contributed by atoms with van der Waals surface area (Å²) in [5.41, 5.74) is 1.17. The highest BCUT2D eigenvalue weighted by Gasteiger charge is 2.31. The predicted octanol–water partition coefficient (Wildman–Crippen LogP) is 3.68. The molecule has 8 heteroatoms. The van der Waals surface area contributed by atoms with E-state index >= 15 is 0 Å². The van der Waals surface area contributed by atoms with E-state index < -0.39 is 11.7 Å². The lowest BCUT2D eigenvalue weighted by Crippen LogP contribution is -2.48. The average molecular weight is 394 g/mol. The molecule has 1 fully saturated rings. The van der Waals surface area contributed by atoms with Crippen LogP contribution in [-0.4, -0.2) is 52.1 Å². The fourth-order valence-electron chi connectivity index (χ4n) is 3.19. The van der Waals surface area contributed by atoms with Gasteiger partial charge in [0.05, 0.1) is 5.56 Å². The fourth-order valence-corrected chi connectivity index (χ4v) is 3.19. The molecule has 2 aromatic rings. The Morgan fingerprint density at radius 3 is 2.36 bits per heavy atom. The summed E-state index contributed by atoms with van der Waals surface area (Å²) in [7, 11) is 0. The minimum absolute atomic E-state index is 0.116. The first-order valence-corrected chi connectivity index (χ1v) is 9.28. The topological polar surface area (TPSA) is 52.2 Å². The number of nitrogens with zero attached hydrogens (tertiary/aromatic N) is 3.